The number of Topliss-reactive ketones (excluding diaryl/α,β-unsaturated/α-hetero) is 1. The van der Waals surface area contributed by atoms with Crippen LogP contribution in [0.5, 0.6) is 5.75 Å². The molecule has 1 saturated carbocycles. The molecule has 1 unspecified atom stereocenters. The van der Waals surface area contributed by atoms with Crippen LogP contribution in [-0.2, 0) is 0 Å². The first-order valence-corrected chi connectivity index (χ1v) is 9.00. The second-order valence-electron chi connectivity index (χ2n) is 5.71. The average molecular weight is 348 g/mol. The van der Waals surface area contributed by atoms with Gasteiger partial charge in [-0.3, -0.25) is 4.79 Å². The van der Waals surface area contributed by atoms with Crippen molar-refractivity contribution in [3.63, 3.8) is 0 Å². The summed E-state index contributed by atoms with van der Waals surface area (Å²) in [5.41, 5.74) is 0.674. The van der Waals surface area contributed by atoms with E-state index in [-0.39, 0.29) is 12.4 Å². The number of thioether (sulfide) groups is 1. The van der Waals surface area contributed by atoms with Gasteiger partial charge in [-0.2, -0.15) is 0 Å². The maximum Gasteiger partial charge on any atom is 0.209 e. The molecule has 0 bridgehead atoms. The largest absolute Gasteiger partial charge is 0.491 e. The molecule has 1 aliphatic carbocycles. The third-order valence-electron chi connectivity index (χ3n) is 3.70. The number of hydrogen-bond donors (Lipinski definition) is 1. The Kier molecular flexibility index (Phi) is 5.47. The highest BCUT2D eigenvalue weighted by molar-refractivity contribution is 7.99. The molecule has 0 amide bonds. The van der Waals surface area contributed by atoms with Gasteiger partial charge in [0.05, 0.1) is 12.1 Å². The predicted molar refractivity (Wildman–Crippen MR) is 89.4 cm³/mol. The summed E-state index contributed by atoms with van der Waals surface area (Å²) >= 11 is 1.43. The number of aliphatic hydroxyl groups excluding tert-OH is 1. The molecular weight excluding hydrogens is 328 g/mol. The number of aliphatic hydroxyl groups is 1. The van der Waals surface area contributed by atoms with E-state index in [0.717, 1.165) is 18.0 Å². The second-order valence-corrected chi connectivity index (χ2v) is 6.70. The van der Waals surface area contributed by atoms with Crippen LogP contribution in [0.4, 0.5) is 0 Å². The van der Waals surface area contributed by atoms with Gasteiger partial charge in [0.1, 0.15) is 12.4 Å². The summed E-state index contributed by atoms with van der Waals surface area (Å²) in [5.74, 6) is 1.19. The van der Waals surface area contributed by atoms with E-state index in [1.165, 1.54) is 11.8 Å². The van der Waals surface area contributed by atoms with Gasteiger partial charge >= 0.3 is 0 Å². The van der Waals surface area contributed by atoms with Crippen molar-refractivity contribution in [2.45, 2.75) is 43.5 Å². The van der Waals surface area contributed by atoms with E-state index in [1.807, 2.05) is 11.6 Å². The third-order valence-corrected chi connectivity index (χ3v) is 4.78. The number of ether oxygens (including phenoxy) is 1. The molecule has 1 N–H and O–H groups in total. The van der Waals surface area contributed by atoms with E-state index >= 15 is 0 Å². The quantitative estimate of drug-likeness (QED) is 0.548. The summed E-state index contributed by atoms with van der Waals surface area (Å²) in [6, 6.07) is 7.39. The Morgan fingerprint density at radius 3 is 2.83 bits per heavy atom. The molecule has 1 heterocycles. The van der Waals surface area contributed by atoms with Crippen LogP contribution in [0.1, 0.15) is 42.6 Å². The number of ketones is 1. The smallest absolute Gasteiger partial charge is 0.209 e. The van der Waals surface area contributed by atoms with Gasteiger partial charge in [-0.05, 0) is 47.5 Å². The van der Waals surface area contributed by atoms with E-state index in [1.54, 1.807) is 24.3 Å². The van der Waals surface area contributed by atoms with Crippen LogP contribution in [0.3, 0.4) is 0 Å². The molecule has 0 spiro atoms. The lowest BCUT2D eigenvalue weighted by atomic mass is 10.1. The molecule has 2 aromatic rings. The van der Waals surface area contributed by atoms with Gasteiger partial charge in [0.2, 0.25) is 5.16 Å². The fraction of sp³-hybridized carbons (Fsp3) is 0.500. The van der Waals surface area contributed by atoms with Crippen molar-refractivity contribution in [2.75, 3.05) is 12.4 Å². The van der Waals surface area contributed by atoms with Crippen molar-refractivity contribution < 1.29 is 14.6 Å². The van der Waals surface area contributed by atoms with Crippen LogP contribution < -0.4 is 4.74 Å². The normalized spacial score (nSPS) is 15.2. The molecule has 7 nitrogen and oxygen atoms in total. The standard InChI is InChI=1S/C16H20N4O3S/c1-2-15(22)11-3-7-14(8-4-11)23-9-13(21)10-24-16-17-18-19-20(16)12-5-6-12/h3-4,7-8,12-13,21H,2,5-6,9-10H2,1H3. The fourth-order valence-corrected chi connectivity index (χ4v) is 3.03. The van der Waals surface area contributed by atoms with Crippen LogP contribution in [0.15, 0.2) is 29.4 Å². The van der Waals surface area contributed by atoms with Gasteiger partial charge < -0.3 is 9.84 Å². The molecule has 1 aromatic carbocycles. The molecule has 1 atom stereocenters. The molecular formula is C16H20N4O3S. The van der Waals surface area contributed by atoms with Crippen molar-refractivity contribution in [2.24, 2.45) is 0 Å². The lowest BCUT2D eigenvalue weighted by Crippen LogP contribution is -2.20. The van der Waals surface area contributed by atoms with Crippen molar-refractivity contribution in [3.05, 3.63) is 29.8 Å². The maximum atomic E-state index is 11.6. The Morgan fingerprint density at radius 2 is 2.17 bits per heavy atom. The highest BCUT2D eigenvalue weighted by Crippen LogP contribution is 2.36. The zero-order chi connectivity index (χ0) is 16.9. The van der Waals surface area contributed by atoms with Crippen molar-refractivity contribution >= 4 is 17.5 Å². The van der Waals surface area contributed by atoms with Gasteiger partial charge in [0.25, 0.3) is 0 Å². The summed E-state index contributed by atoms with van der Waals surface area (Å²) in [6.07, 6.45) is 2.08. The summed E-state index contributed by atoms with van der Waals surface area (Å²) in [5, 5.41) is 22.4. The molecule has 1 fully saturated rings. The molecule has 3 rings (SSSR count). The molecule has 0 radical (unpaired) electrons. The van der Waals surface area contributed by atoms with Crippen molar-refractivity contribution in [3.8, 4) is 5.75 Å². The van der Waals surface area contributed by atoms with E-state index < -0.39 is 6.10 Å². The van der Waals surface area contributed by atoms with Crippen molar-refractivity contribution in [1.29, 1.82) is 0 Å². The van der Waals surface area contributed by atoms with Gasteiger partial charge in [0, 0.05) is 17.7 Å². The van der Waals surface area contributed by atoms with Gasteiger partial charge in [0.15, 0.2) is 5.78 Å². The molecule has 0 saturated heterocycles. The van der Waals surface area contributed by atoms with Gasteiger partial charge in [-0.1, -0.05) is 18.7 Å². The van der Waals surface area contributed by atoms with Crippen LogP contribution in [-0.4, -0.2) is 49.6 Å². The maximum absolute atomic E-state index is 11.6. The minimum absolute atomic E-state index is 0.103. The number of carbonyl (C=O) groups is 1. The van der Waals surface area contributed by atoms with E-state index in [2.05, 4.69) is 15.5 Å². The summed E-state index contributed by atoms with van der Waals surface area (Å²) in [7, 11) is 0. The van der Waals surface area contributed by atoms with Crippen LogP contribution >= 0.6 is 11.8 Å². The Balaban J connectivity index is 1.44. The van der Waals surface area contributed by atoms with Crippen LogP contribution in [0, 0.1) is 0 Å². The van der Waals surface area contributed by atoms with Gasteiger partial charge in [-0.15, -0.1) is 5.10 Å². The number of rotatable bonds is 9. The molecule has 0 aliphatic heterocycles. The molecule has 24 heavy (non-hydrogen) atoms. The lowest BCUT2D eigenvalue weighted by molar-refractivity contribution is 0.0987. The molecule has 8 heteroatoms. The Morgan fingerprint density at radius 1 is 1.42 bits per heavy atom. The number of carbonyl (C=O) groups excluding carboxylic acids is 1. The molecule has 1 aromatic heterocycles. The first kappa shape index (κ1) is 16.9. The topological polar surface area (TPSA) is 90.1 Å². The number of nitrogens with zero attached hydrogens (tertiary/aromatic N) is 4. The van der Waals surface area contributed by atoms with E-state index in [9.17, 15) is 9.90 Å². The summed E-state index contributed by atoms with van der Waals surface area (Å²) < 4.78 is 7.38. The van der Waals surface area contributed by atoms with Crippen molar-refractivity contribution in [1.82, 2.24) is 20.2 Å². The summed E-state index contributed by atoms with van der Waals surface area (Å²) in [6.45, 7) is 2.01. The zero-order valence-corrected chi connectivity index (χ0v) is 14.3. The second kappa shape index (κ2) is 7.76. The zero-order valence-electron chi connectivity index (χ0n) is 13.5. The van der Waals surface area contributed by atoms with Gasteiger partial charge in [-0.25, -0.2) is 4.68 Å². The minimum atomic E-state index is -0.628. The average Bonchev–Trinajstić information content (AvgIpc) is 3.36. The number of benzene rings is 1. The third kappa shape index (κ3) is 4.33. The Bertz CT molecular complexity index is 685. The summed E-state index contributed by atoms with van der Waals surface area (Å²) in [4.78, 5) is 11.6. The first-order chi connectivity index (χ1) is 11.7. The fourth-order valence-electron chi connectivity index (χ4n) is 2.18. The monoisotopic (exact) mass is 348 g/mol. The van der Waals surface area contributed by atoms with Crippen LogP contribution in [0.2, 0.25) is 0 Å². The Hall–Kier alpha value is -1.93. The Labute approximate surface area is 144 Å². The number of aromatic nitrogens is 4. The van der Waals surface area contributed by atoms with E-state index in [0.29, 0.717) is 29.5 Å². The highest BCUT2D eigenvalue weighted by atomic mass is 32.2. The molecule has 128 valence electrons. The predicted octanol–water partition coefficient (Wildman–Crippen LogP) is 2.13. The highest BCUT2D eigenvalue weighted by Gasteiger charge is 2.28. The molecule has 1 aliphatic rings. The number of hydrogen-bond acceptors (Lipinski definition) is 7. The SMILES string of the molecule is CCC(=O)c1ccc(OCC(O)CSc2nnnn2C2CC2)cc1. The minimum Gasteiger partial charge on any atom is -0.491 e. The number of tetrazole rings is 1. The first-order valence-electron chi connectivity index (χ1n) is 8.02. The lowest BCUT2D eigenvalue weighted by Gasteiger charge is -2.12. The van der Waals surface area contributed by atoms with Crippen LogP contribution in [0.25, 0.3) is 0 Å². The van der Waals surface area contributed by atoms with E-state index in [4.69, 9.17) is 4.74 Å².